The van der Waals surface area contributed by atoms with E-state index in [1.807, 2.05) is 0 Å². The van der Waals surface area contributed by atoms with Crippen LogP contribution in [-0.2, 0) is 4.79 Å². The van der Waals surface area contributed by atoms with Crippen LogP contribution in [0.25, 0.3) is 0 Å². The van der Waals surface area contributed by atoms with Gasteiger partial charge in [-0.2, -0.15) is 0 Å². The molecule has 1 aliphatic carbocycles. The molecule has 1 fully saturated rings. The molecular formula is C19H30FN3O. The molecule has 1 aromatic carbocycles. The van der Waals surface area contributed by atoms with E-state index in [2.05, 4.69) is 17.3 Å². The minimum atomic E-state index is -0.598. The average Bonchev–Trinajstić information content (AvgIpc) is 3.07. The summed E-state index contributed by atoms with van der Waals surface area (Å²) in [6.07, 6.45) is 6.16. The van der Waals surface area contributed by atoms with Crippen LogP contribution in [0.3, 0.4) is 0 Å². The van der Waals surface area contributed by atoms with E-state index in [0.717, 1.165) is 13.0 Å². The van der Waals surface area contributed by atoms with E-state index in [0.29, 0.717) is 18.2 Å². The first-order valence-electron chi connectivity index (χ1n) is 8.89. The molecule has 1 aromatic rings. The quantitative estimate of drug-likeness (QED) is 0.742. The van der Waals surface area contributed by atoms with Gasteiger partial charge in [0.15, 0.2) is 0 Å². The van der Waals surface area contributed by atoms with Crippen molar-refractivity contribution in [1.29, 1.82) is 0 Å². The Kier molecular flexibility index (Phi) is 7.18. The lowest BCUT2D eigenvalue weighted by Gasteiger charge is -2.25. The third-order valence-corrected chi connectivity index (χ3v) is 4.90. The third kappa shape index (κ3) is 5.02. The summed E-state index contributed by atoms with van der Waals surface area (Å²) in [5.74, 6) is -0.485. The zero-order chi connectivity index (χ0) is 17.5. The van der Waals surface area contributed by atoms with Crippen molar-refractivity contribution < 1.29 is 9.18 Å². The number of carbonyl (C=O) groups is 1. The Morgan fingerprint density at radius 3 is 2.54 bits per heavy atom. The molecule has 0 heterocycles. The highest BCUT2D eigenvalue weighted by Gasteiger charge is 2.25. The molecule has 1 atom stereocenters. The summed E-state index contributed by atoms with van der Waals surface area (Å²) in [5.41, 5.74) is 0.420. The predicted molar refractivity (Wildman–Crippen MR) is 95.3 cm³/mol. The Morgan fingerprint density at radius 1 is 1.25 bits per heavy atom. The highest BCUT2D eigenvalue weighted by Crippen LogP contribution is 2.23. The molecule has 134 valence electrons. The highest BCUT2D eigenvalue weighted by molar-refractivity contribution is 5.83. The molecule has 0 aromatic heterocycles. The van der Waals surface area contributed by atoms with E-state index < -0.39 is 6.04 Å². The number of nitrogens with zero attached hydrogens (tertiary/aromatic N) is 2. The lowest BCUT2D eigenvalue weighted by Crippen LogP contribution is -2.39. The fraction of sp³-hybridized carbons (Fsp3) is 0.632. The van der Waals surface area contributed by atoms with Crippen molar-refractivity contribution in [2.24, 2.45) is 0 Å². The number of halogens is 1. The zero-order valence-corrected chi connectivity index (χ0v) is 15.1. The first-order chi connectivity index (χ1) is 11.5. The van der Waals surface area contributed by atoms with Gasteiger partial charge in [0.1, 0.15) is 11.9 Å². The maximum absolute atomic E-state index is 14.0. The summed E-state index contributed by atoms with van der Waals surface area (Å²) >= 11 is 0. The van der Waals surface area contributed by atoms with Crippen molar-refractivity contribution in [2.75, 3.05) is 34.2 Å². The van der Waals surface area contributed by atoms with Crippen LogP contribution >= 0.6 is 0 Å². The van der Waals surface area contributed by atoms with E-state index in [1.54, 1.807) is 37.2 Å². The number of nitrogens with one attached hydrogen (secondary N) is 1. The maximum Gasteiger partial charge on any atom is 0.242 e. The molecule has 1 saturated carbocycles. The molecule has 4 nitrogen and oxygen atoms in total. The van der Waals surface area contributed by atoms with E-state index in [9.17, 15) is 9.18 Å². The van der Waals surface area contributed by atoms with Crippen molar-refractivity contribution >= 4 is 5.91 Å². The van der Waals surface area contributed by atoms with Gasteiger partial charge in [-0.1, -0.05) is 31.0 Å². The monoisotopic (exact) mass is 335 g/mol. The van der Waals surface area contributed by atoms with Crippen LogP contribution in [0, 0.1) is 5.82 Å². The predicted octanol–water partition coefficient (Wildman–Crippen LogP) is 2.81. The molecule has 2 rings (SSSR count). The fourth-order valence-corrected chi connectivity index (χ4v) is 3.52. The van der Waals surface area contributed by atoms with Crippen LogP contribution in [0.2, 0.25) is 0 Å². The molecule has 0 unspecified atom stereocenters. The topological polar surface area (TPSA) is 35.6 Å². The Balaban J connectivity index is 1.82. The summed E-state index contributed by atoms with van der Waals surface area (Å²) in [7, 11) is 5.76. The second-order valence-electron chi connectivity index (χ2n) is 6.95. The van der Waals surface area contributed by atoms with E-state index in [1.165, 1.54) is 31.7 Å². The van der Waals surface area contributed by atoms with Crippen LogP contribution in [-0.4, -0.2) is 56.0 Å². The Morgan fingerprint density at radius 2 is 1.92 bits per heavy atom. The lowest BCUT2D eigenvalue weighted by atomic mass is 10.0. The molecule has 1 aliphatic rings. The van der Waals surface area contributed by atoms with Crippen LogP contribution in [0.4, 0.5) is 4.39 Å². The van der Waals surface area contributed by atoms with Gasteiger partial charge < -0.3 is 10.2 Å². The third-order valence-electron chi connectivity index (χ3n) is 4.90. The van der Waals surface area contributed by atoms with Gasteiger partial charge in [-0.05, 0) is 53.0 Å². The van der Waals surface area contributed by atoms with Crippen LogP contribution < -0.4 is 5.32 Å². The number of carbonyl (C=O) groups excluding carboxylic acids is 1. The van der Waals surface area contributed by atoms with Gasteiger partial charge in [0, 0.05) is 18.2 Å². The molecule has 0 saturated heterocycles. The average molecular weight is 335 g/mol. The van der Waals surface area contributed by atoms with E-state index in [4.69, 9.17) is 0 Å². The molecule has 5 heteroatoms. The Hall–Kier alpha value is -1.46. The first-order valence-corrected chi connectivity index (χ1v) is 8.89. The van der Waals surface area contributed by atoms with Crippen molar-refractivity contribution in [2.45, 2.75) is 44.2 Å². The highest BCUT2D eigenvalue weighted by atomic mass is 19.1. The fourth-order valence-electron chi connectivity index (χ4n) is 3.52. The Bertz CT molecular complexity index is 529. The van der Waals surface area contributed by atoms with Crippen LogP contribution in [0.1, 0.15) is 43.7 Å². The molecule has 0 bridgehead atoms. The lowest BCUT2D eigenvalue weighted by molar-refractivity contribution is -0.125. The molecular weight excluding hydrogens is 305 g/mol. The summed E-state index contributed by atoms with van der Waals surface area (Å²) in [6.45, 7) is 1.60. The zero-order valence-electron chi connectivity index (χ0n) is 15.1. The molecule has 24 heavy (non-hydrogen) atoms. The van der Waals surface area contributed by atoms with Crippen molar-refractivity contribution in [1.82, 2.24) is 15.1 Å². The van der Waals surface area contributed by atoms with E-state index >= 15 is 0 Å². The summed E-state index contributed by atoms with van der Waals surface area (Å²) in [6, 6.07) is 6.58. The van der Waals surface area contributed by atoms with Crippen molar-refractivity contribution in [3.8, 4) is 0 Å². The molecule has 0 aliphatic heterocycles. The van der Waals surface area contributed by atoms with Gasteiger partial charge in [0.2, 0.25) is 5.91 Å². The number of rotatable bonds is 8. The van der Waals surface area contributed by atoms with Gasteiger partial charge in [-0.15, -0.1) is 0 Å². The van der Waals surface area contributed by atoms with E-state index in [-0.39, 0.29) is 11.7 Å². The smallest absolute Gasteiger partial charge is 0.242 e. The molecule has 1 amide bonds. The van der Waals surface area contributed by atoms with Gasteiger partial charge in [0.25, 0.3) is 0 Å². The minimum absolute atomic E-state index is 0.145. The van der Waals surface area contributed by atoms with Crippen molar-refractivity contribution in [3.05, 3.63) is 35.6 Å². The molecule has 0 spiro atoms. The largest absolute Gasteiger partial charge is 0.354 e. The summed E-state index contributed by atoms with van der Waals surface area (Å²) < 4.78 is 14.0. The van der Waals surface area contributed by atoms with Crippen LogP contribution in [0.15, 0.2) is 24.3 Å². The van der Waals surface area contributed by atoms with Gasteiger partial charge in [0.05, 0.1) is 0 Å². The van der Waals surface area contributed by atoms with Crippen LogP contribution in [0.5, 0.6) is 0 Å². The van der Waals surface area contributed by atoms with Gasteiger partial charge in [-0.25, -0.2) is 4.39 Å². The van der Waals surface area contributed by atoms with Crippen molar-refractivity contribution in [3.63, 3.8) is 0 Å². The normalized spacial score (nSPS) is 16.8. The van der Waals surface area contributed by atoms with Gasteiger partial charge >= 0.3 is 0 Å². The minimum Gasteiger partial charge on any atom is -0.354 e. The number of amides is 1. The number of likely N-dealkylation sites (N-methyl/N-ethyl adjacent to an activating group) is 1. The number of hydrogen-bond donors (Lipinski definition) is 1. The number of benzene rings is 1. The first kappa shape index (κ1) is 18.9. The SMILES string of the molecule is CN(CCCNC(=O)[C@H](c1ccccc1F)N(C)C)C1CCCC1. The maximum atomic E-state index is 14.0. The Labute approximate surface area is 145 Å². The second-order valence-corrected chi connectivity index (χ2v) is 6.95. The van der Waals surface area contributed by atoms with Gasteiger partial charge in [-0.3, -0.25) is 9.69 Å². The summed E-state index contributed by atoms with van der Waals surface area (Å²) in [5, 5.41) is 2.96. The number of hydrogen-bond acceptors (Lipinski definition) is 3. The second kappa shape index (κ2) is 9.14. The standard InChI is InChI=1S/C19H30FN3O/c1-22(2)18(16-11-6-7-12-17(16)20)19(24)21-13-8-14-23(3)15-9-4-5-10-15/h6-7,11-12,15,18H,4-5,8-10,13-14H2,1-3H3,(H,21,24)/t18-/m0/s1. The molecule has 0 radical (unpaired) electrons. The summed E-state index contributed by atoms with van der Waals surface area (Å²) in [4.78, 5) is 16.7. The molecule has 1 N–H and O–H groups in total.